The molecule has 1 saturated carbocycles. The number of piperidine rings is 1. The normalized spacial score (nSPS) is 18.3. The highest BCUT2D eigenvalue weighted by atomic mass is 19.4. The fraction of sp³-hybridized carbons (Fsp3) is 0.667. The number of likely N-dealkylation sites (tertiary alicyclic amines) is 1. The van der Waals surface area contributed by atoms with Crippen LogP contribution in [0.3, 0.4) is 0 Å². The van der Waals surface area contributed by atoms with Gasteiger partial charge in [0.1, 0.15) is 0 Å². The van der Waals surface area contributed by atoms with Crippen LogP contribution in [0.25, 0.3) is 0 Å². The molecule has 0 aromatic heterocycles. The summed E-state index contributed by atoms with van der Waals surface area (Å²) in [4.78, 5) is 28.8. The van der Waals surface area contributed by atoms with Crippen molar-refractivity contribution in [3.05, 3.63) is 34.9 Å². The van der Waals surface area contributed by atoms with Crippen molar-refractivity contribution in [2.45, 2.75) is 63.8 Å². The molecule has 0 spiro atoms. The van der Waals surface area contributed by atoms with Gasteiger partial charge in [-0.1, -0.05) is 12.8 Å². The van der Waals surface area contributed by atoms with Crippen molar-refractivity contribution in [2.24, 2.45) is 5.92 Å². The van der Waals surface area contributed by atoms with E-state index in [0.29, 0.717) is 51.3 Å². The van der Waals surface area contributed by atoms with Crippen molar-refractivity contribution in [1.82, 2.24) is 15.1 Å². The van der Waals surface area contributed by atoms with E-state index in [9.17, 15) is 35.9 Å². The molecule has 1 heterocycles. The lowest BCUT2D eigenvalue weighted by Gasteiger charge is -2.37. The summed E-state index contributed by atoms with van der Waals surface area (Å²) < 4.78 is 83.6. The van der Waals surface area contributed by atoms with E-state index in [0.717, 1.165) is 25.7 Å². The highest BCUT2D eigenvalue weighted by molar-refractivity contribution is 5.94. The second kappa shape index (κ2) is 11.7. The van der Waals surface area contributed by atoms with Gasteiger partial charge in [-0.2, -0.15) is 26.3 Å². The maximum atomic E-state index is 13.1. The quantitative estimate of drug-likeness (QED) is 0.478. The minimum Gasteiger partial charge on any atom is -0.450 e. The first-order chi connectivity index (χ1) is 16.9. The Balaban J connectivity index is 1.55. The van der Waals surface area contributed by atoms with Gasteiger partial charge in [0.05, 0.1) is 24.4 Å². The first-order valence-electron chi connectivity index (χ1n) is 12.1. The zero-order valence-corrected chi connectivity index (χ0v) is 20.1. The third kappa shape index (κ3) is 7.50. The number of benzene rings is 1. The molecule has 3 rings (SSSR count). The van der Waals surface area contributed by atoms with Crippen LogP contribution in [0.4, 0.5) is 31.1 Å². The summed E-state index contributed by atoms with van der Waals surface area (Å²) >= 11 is 0. The summed E-state index contributed by atoms with van der Waals surface area (Å²) in [7, 11) is 0. The summed E-state index contributed by atoms with van der Waals surface area (Å²) in [6.45, 7) is 3.91. The highest BCUT2D eigenvalue weighted by Crippen LogP contribution is 2.36. The topological polar surface area (TPSA) is 61.9 Å². The maximum absolute atomic E-state index is 13.1. The smallest absolute Gasteiger partial charge is 0.416 e. The fourth-order valence-electron chi connectivity index (χ4n) is 4.72. The van der Waals surface area contributed by atoms with Crippen LogP contribution in [0.15, 0.2) is 18.2 Å². The Kier molecular flexibility index (Phi) is 9.13. The first kappa shape index (κ1) is 28.1. The Bertz CT molecular complexity index is 875. The number of amides is 2. The molecule has 1 aromatic rings. The van der Waals surface area contributed by atoms with Crippen LogP contribution in [0.1, 0.15) is 66.9 Å². The molecule has 0 radical (unpaired) electrons. The average molecular weight is 524 g/mol. The molecule has 1 saturated heterocycles. The molecular formula is C24H31F6N3O3. The lowest BCUT2D eigenvalue weighted by atomic mass is 9.96. The number of alkyl halides is 6. The minimum atomic E-state index is -5.01. The number of halogens is 6. The predicted octanol–water partition coefficient (Wildman–Crippen LogP) is 5.52. The van der Waals surface area contributed by atoms with Crippen LogP contribution in [0.2, 0.25) is 0 Å². The Morgan fingerprint density at radius 2 is 1.53 bits per heavy atom. The molecule has 6 nitrogen and oxygen atoms in total. The van der Waals surface area contributed by atoms with Crippen molar-refractivity contribution >= 4 is 12.0 Å². The van der Waals surface area contributed by atoms with E-state index in [1.165, 1.54) is 0 Å². The molecule has 1 N–H and O–H groups in total. The van der Waals surface area contributed by atoms with Crippen LogP contribution in [-0.2, 0) is 17.1 Å². The van der Waals surface area contributed by atoms with Crippen molar-refractivity contribution in [2.75, 3.05) is 32.9 Å². The standard InChI is InChI=1S/C24H31F6N3O3/c1-2-36-22(35)33(20-5-3-4-6-20)15-32-9-7-16(8-10-32)14-31-21(34)17-11-18(23(25,26)27)13-19(12-17)24(28,29)30/h11-13,16,20H,2-10,14-15H2,1H3,(H,31,34). The van der Waals surface area contributed by atoms with Crippen molar-refractivity contribution < 1.29 is 40.7 Å². The summed E-state index contributed by atoms with van der Waals surface area (Å²) in [6.07, 6.45) is -5.02. The summed E-state index contributed by atoms with van der Waals surface area (Å²) in [5, 5.41) is 2.48. The van der Waals surface area contributed by atoms with Gasteiger partial charge in [0.2, 0.25) is 0 Å². The highest BCUT2D eigenvalue weighted by Gasteiger charge is 2.37. The zero-order chi connectivity index (χ0) is 26.5. The van der Waals surface area contributed by atoms with Crippen molar-refractivity contribution in [3.8, 4) is 0 Å². The molecule has 0 bridgehead atoms. The summed E-state index contributed by atoms with van der Waals surface area (Å²) in [5.41, 5.74) is -3.73. The molecule has 0 unspecified atom stereocenters. The van der Waals surface area contributed by atoms with E-state index >= 15 is 0 Å². The van der Waals surface area contributed by atoms with Gasteiger partial charge in [-0.25, -0.2) is 4.79 Å². The molecule has 2 amide bonds. The van der Waals surface area contributed by atoms with Crippen molar-refractivity contribution in [1.29, 1.82) is 0 Å². The summed E-state index contributed by atoms with van der Waals surface area (Å²) in [6, 6.07) is 1.01. The second-order valence-corrected chi connectivity index (χ2v) is 9.31. The Morgan fingerprint density at radius 3 is 2.03 bits per heavy atom. The van der Waals surface area contributed by atoms with Gasteiger partial charge in [-0.3, -0.25) is 14.6 Å². The van der Waals surface area contributed by atoms with Crippen LogP contribution in [-0.4, -0.2) is 60.8 Å². The molecule has 12 heteroatoms. The van der Waals surface area contributed by atoms with Crippen LogP contribution >= 0.6 is 0 Å². The number of nitrogens with zero attached hydrogens (tertiary/aromatic N) is 2. The first-order valence-corrected chi connectivity index (χ1v) is 12.1. The minimum absolute atomic E-state index is 0.00232. The molecule has 202 valence electrons. The van der Waals surface area contributed by atoms with Crippen LogP contribution in [0.5, 0.6) is 0 Å². The number of carbonyl (C=O) groups is 2. The lowest BCUT2D eigenvalue weighted by molar-refractivity contribution is -0.143. The fourth-order valence-corrected chi connectivity index (χ4v) is 4.72. The van der Waals surface area contributed by atoms with E-state index in [1.54, 1.807) is 11.8 Å². The average Bonchev–Trinajstić information content (AvgIpc) is 3.35. The van der Waals surface area contributed by atoms with Gasteiger partial charge < -0.3 is 10.1 Å². The van der Waals surface area contributed by atoms with Crippen LogP contribution < -0.4 is 5.32 Å². The number of hydrogen-bond donors (Lipinski definition) is 1. The largest absolute Gasteiger partial charge is 0.450 e. The van der Waals surface area contributed by atoms with Gasteiger partial charge in [0.15, 0.2) is 0 Å². The monoisotopic (exact) mass is 523 g/mol. The van der Waals surface area contributed by atoms with E-state index in [1.807, 2.05) is 0 Å². The molecule has 1 aliphatic heterocycles. The Labute approximate surface area is 205 Å². The molecule has 2 aliphatic rings. The molecule has 0 atom stereocenters. The molecular weight excluding hydrogens is 492 g/mol. The number of nitrogens with one attached hydrogen (secondary N) is 1. The van der Waals surface area contributed by atoms with Crippen molar-refractivity contribution in [3.63, 3.8) is 0 Å². The number of rotatable bonds is 7. The van der Waals surface area contributed by atoms with Gasteiger partial charge >= 0.3 is 18.4 Å². The molecule has 36 heavy (non-hydrogen) atoms. The van der Waals surface area contributed by atoms with E-state index in [4.69, 9.17) is 4.74 Å². The predicted molar refractivity (Wildman–Crippen MR) is 119 cm³/mol. The summed E-state index contributed by atoms with van der Waals surface area (Å²) in [5.74, 6) is -0.968. The third-order valence-electron chi connectivity index (χ3n) is 6.73. The van der Waals surface area contributed by atoms with Crippen LogP contribution in [0, 0.1) is 5.92 Å². The zero-order valence-electron chi connectivity index (χ0n) is 20.1. The van der Waals surface area contributed by atoms with E-state index < -0.39 is 35.0 Å². The van der Waals surface area contributed by atoms with Gasteiger partial charge in [0.25, 0.3) is 5.91 Å². The maximum Gasteiger partial charge on any atom is 0.416 e. The van der Waals surface area contributed by atoms with E-state index in [2.05, 4.69) is 10.2 Å². The Hall–Kier alpha value is -2.50. The van der Waals surface area contributed by atoms with Gasteiger partial charge in [-0.05, 0) is 56.7 Å². The second-order valence-electron chi connectivity index (χ2n) is 9.31. The molecule has 2 fully saturated rings. The Morgan fingerprint density at radius 1 is 0.972 bits per heavy atom. The van der Waals surface area contributed by atoms with E-state index in [-0.39, 0.29) is 30.7 Å². The van der Waals surface area contributed by atoms with Gasteiger partial charge in [0, 0.05) is 31.2 Å². The molecule has 1 aromatic carbocycles. The van der Waals surface area contributed by atoms with Gasteiger partial charge in [-0.15, -0.1) is 0 Å². The molecule has 1 aliphatic carbocycles. The third-order valence-corrected chi connectivity index (χ3v) is 6.73. The number of hydrogen-bond acceptors (Lipinski definition) is 4. The SMILES string of the molecule is CCOC(=O)N(CN1CCC(CNC(=O)c2cc(C(F)(F)F)cc(C(F)(F)F)c2)CC1)C1CCCC1. The number of ether oxygens (including phenoxy) is 1. The number of carbonyl (C=O) groups excluding carboxylic acids is 2. The lowest BCUT2D eigenvalue weighted by Crippen LogP contribution is -2.49.